The molecule has 2 fully saturated rings. The molecule has 28 heavy (non-hydrogen) atoms. The van der Waals surface area contributed by atoms with Gasteiger partial charge in [-0.05, 0) is 43.1 Å². The fourth-order valence-corrected chi connectivity index (χ4v) is 5.11. The molecule has 1 aliphatic carbocycles. The van der Waals surface area contributed by atoms with Crippen molar-refractivity contribution in [3.8, 4) is 11.3 Å². The Morgan fingerprint density at radius 2 is 2.04 bits per heavy atom. The molecule has 6 heteroatoms. The van der Waals surface area contributed by atoms with E-state index in [0.717, 1.165) is 43.2 Å². The van der Waals surface area contributed by atoms with E-state index in [0.29, 0.717) is 31.2 Å². The quantitative estimate of drug-likeness (QED) is 0.878. The van der Waals surface area contributed by atoms with Gasteiger partial charge in [0.1, 0.15) is 0 Å². The molecular formula is C22H27N3O3. The molecular weight excluding hydrogens is 354 g/mol. The lowest BCUT2D eigenvalue weighted by Crippen LogP contribution is -2.51. The molecule has 1 aliphatic heterocycles. The van der Waals surface area contributed by atoms with Gasteiger partial charge in [-0.3, -0.25) is 9.36 Å². The van der Waals surface area contributed by atoms with E-state index in [4.69, 9.17) is 0 Å². The summed E-state index contributed by atoms with van der Waals surface area (Å²) in [6.45, 7) is 3.78. The second-order valence-electron chi connectivity index (χ2n) is 8.34. The average molecular weight is 381 g/mol. The monoisotopic (exact) mass is 381 g/mol. The van der Waals surface area contributed by atoms with Crippen LogP contribution in [0.2, 0.25) is 0 Å². The van der Waals surface area contributed by atoms with Gasteiger partial charge < -0.3 is 10.0 Å². The van der Waals surface area contributed by atoms with E-state index in [-0.39, 0.29) is 11.0 Å². The van der Waals surface area contributed by atoms with Crippen LogP contribution >= 0.6 is 0 Å². The normalized spacial score (nSPS) is 21.2. The van der Waals surface area contributed by atoms with Crippen molar-refractivity contribution < 1.29 is 9.90 Å². The summed E-state index contributed by atoms with van der Waals surface area (Å²) in [5.74, 6) is 0.314. The van der Waals surface area contributed by atoms with Gasteiger partial charge in [-0.1, -0.05) is 37.1 Å². The third-order valence-electron chi connectivity index (χ3n) is 6.71. The SMILES string of the molecule is Cc1ccccc1-c1cc(=O)n(CC2CCN(C(=O)O)CC23CCCC3)cn1. The third kappa shape index (κ3) is 3.43. The van der Waals surface area contributed by atoms with E-state index in [1.807, 2.05) is 31.2 Å². The Morgan fingerprint density at radius 1 is 1.29 bits per heavy atom. The molecule has 148 valence electrons. The summed E-state index contributed by atoms with van der Waals surface area (Å²) < 4.78 is 1.71. The van der Waals surface area contributed by atoms with Crippen molar-refractivity contribution in [3.63, 3.8) is 0 Å². The first-order valence-corrected chi connectivity index (χ1v) is 10.1. The van der Waals surface area contributed by atoms with Crippen LogP contribution in [-0.2, 0) is 6.54 Å². The standard InChI is InChI=1S/C22H27N3O3/c1-16-6-2-3-7-18(16)19-12-20(26)25(15-23-19)13-17-8-11-24(21(27)28)14-22(17)9-4-5-10-22/h2-3,6-7,12,15,17H,4-5,8-11,13-14H2,1H3,(H,27,28). The van der Waals surface area contributed by atoms with Crippen LogP contribution in [-0.4, -0.2) is 38.7 Å². The highest BCUT2D eigenvalue weighted by atomic mass is 16.4. The van der Waals surface area contributed by atoms with Gasteiger partial charge in [0, 0.05) is 31.3 Å². The molecule has 6 nitrogen and oxygen atoms in total. The van der Waals surface area contributed by atoms with E-state index >= 15 is 0 Å². The van der Waals surface area contributed by atoms with E-state index in [1.54, 1.807) is 21.9 Å². The van der Waals surface area contributed by atoms with Crippen LogP contribution in [0.25, 0.3) is 11.3 Å². The number of piperidine rings is 1. The summed E-state index contributed by atoms with van der Waals surface area (Å²) in [5, 5.41) is 9.42. The molecule has 0 bridgehead atoms. The van der Waals surface area contributed by atoms with Gasteiger partial charge in [-0.2, -0.15) is 0 Å². The molecule has 2 heterocycles. The predicted octanol–water partition coefficient (Wildman–Crippen LogP) is 3.78. The van der Waals surface area contributed by atoms with Crippen molar-refractivity contribution in [3.05, 3.63) is 52.6 Å². The molecule has 4 rings (SSSR count). The number of aryl methyl sites for hydroxylation is 1. The van der Waals surface area contributed by atoms with Crippen LogP contribution < -0.4 is 5.56 Å². The average Bonchev–Trinajstić information content (AvgIpc) is 3.14. The Morgan fingerprint density at radius 3 is 2.71 bits per heavy atom. The topological polar surface area (TPSA) is 75.4 Å². The van der Waals surface area contributed by atoms with E-state index in [2.05, 4.69) is 4.98 Å². The minimum Gasteiger partial charge on any atom is -0.465 e. The van der Waals surface area contributed by atoms with E-state index in [9.17, 15) is 14.7 Å². The lowest BCUT2D eigenvalue weighted by Gasteiger charge is -2.45. The van der Waals surface area contributed by atoms with Crippen LogP contribution in [0.3, 0.4) is 0 Å². The maximum atomic E-state index is 12.8. The zero-order valence-electron chi connectivity index (χ0n) is 16.3. The molecule has 0 radical (unpaired) electrons. The summed E-state index contributed by atoms with van der Waals surface area (Å²) >= 11 is 0. The molecule has 1 amide bonds. The lowest BCUT2D eigenvalue weighted by molar-refractivity contribution is 0.0251. The van der Waals surface area contributed by atoms with Gasteiger partial charge >= 0.3 is 6.09 Å². The van der Waals surface area contributed by atoms with E-state index in [1.165, 1.54) is 0 Å². The Hall–Kier alpha value is -2.63. The fourth-order valence-electron chi connectivity index (χ4n) is 5.11. The highest BCUT2D eigenvalue weighted by Crippen LogP contribution is 2.49. The summed E-state index contributed by atoms with van der Waals surface area (Å²) in [6.07, 6.45) is 6.02. The fraction of sp³-hybridized carbons (Fsp3) is 0.500. The largest absolute Gasteiger partial charge is 0.465 e. The highest BCUT2D eigenvalue weighted by Gasteiger charge is 2.46. The Kier molecular flexibility index (Phi) is 4.96. The van der Waals surface area contributed by atoms with E-state index < -0.39 is 6.09 Å². The van der Waals surface area contributed by atoms with Crippen molar-refractivity contribution in [2.24, 2.45) is 11.3 Å². The molecule has 1 N–H and O–H groups in total. The Bertz CT molecular complexity index is 931. The van der Waals surface area contributed by atoms with Gasteiger partial charge in [-0.25, -0.2) is 9.78 Å². The van der Waals surface area contributed by atoms with Gasteiger partial charge in [0.05, 0.1) is 12.0 Å². The van der Waals surface area contributed by atoms with Crippen molar-refractivity contribution in [2.75, 3.05) is 13.1 Å². The van der Waals surface area contributed by atoms with Crippen LogP contribution in [0.5, 0.6) is 0 Å². The number of amides is 1. The highest BCUT2D eigenvalue weighted by molar-refractivity contribution is 5.65. The van der Waals surface area contributed by atoms with Crippen molar-refractivity contribution in [1.29, 1.82) is 0 Å². The maximum Gasteiger partial charge on any atom is 0.407 e. The minimum absolute atomic E-state index is 0.00473. The number of benzene rings is 1. The van der Waals surface area contributed by atoms with Gasteiger partial charge in [0.2, 0.25) is 0 Å². The zero-order valence-corrected chi connectivity index (χ0v) is 16.3. The molecule has 1 saturated carbocycles. The minimum atomic E-state index is -0.828. The molecule has 2 aliphatic rings. The lowest BCUT2D eigenvalue weighted by atomic mass is 9.69. The Labute approximate surface area is 164 Å². The van der Waals surface area contributed by atoms with Crippen LogP contribution in [0.15, 0.2) is 41.5 Å². The number of carbonyl (C=O) groups is 1. The molecule has 2 aromatic rings. The number of rotatable bonds is 3. The van der Waals surface area contributed by atoms with Gasteiger partial charge in [-0.15, -0.1) is 0 Å². The molecule has 1 unspecified atom stereocenters. The number of aromatic nitrogens is 2. The zero-order chi connectivity index (χ0) is 19.7. The van der Waals surface area contributed by atoms with Crippen molar-refractivity contribution in [2.45, 2.75) is 45.6 Å². The van der Waals surface area contributed by atoms with Crippen molar-refractivity contribution in [1.82, 2.24) is 14.5 Å². The predicted molar refractivity (Wildman–Crippen MR) is 107 cm³/mol. The summed E-state index contributed by atoms with van der Waals surface area (Å²) in [4.78, 5) is 30.4. The van der Waals surface area contributed by atoms with Gasteiger partial charge in [0.15, 0.2) is 0 Å². The first-order chi connectivity index (χ1) is 13.5. The molecule has 1 atom stereocenters. The third-order valence-corrected chi connectivity index (χ3v) is 6.71. The van der Waals surface area contributed by atoms with Crippen LogP contribution in [0, 0.1) is 18.3 Å². The smallest absolute Gasteiger partial charge is 0.407 e. The second-order valence-corrected chi connectivity index (χ2v) is 8.34. The molecule has 1 aromatic heterocycles. The number of hydrogen-bond donors (Lipinski definition) is 1. The number of nitrogens with zero attached hydrogens (tertiary/aromatic N) is 3. The molecule has 1 spiro atoms. The number of hydrogen-bond acceptors (Lipinski definition) is 3. The summed E-state index contributed by atoms with van der Waals surface area (Å²) in [6, 6.07) is 9.55. The van der Waals surface area contributed by atoms with Crippen molar-refractivity contribution >= 4 is 6.09 Å². The summed E-state index contributed by atoms with van der Waals surface area (Å²) in [7, 11) is 0. The molecule has 1 aromatic carbocycles. The molecule has 1 saturated heterocycles. The number of carboxylic acid groups (broad SMARTS) is 1. The maximum absolute atomic E-state index is 12.8. The van der Waals surface area contributed by atoms with Crippen LogP contribution in [0.1, 0.15) is 37.7 Å². The van der Waals surface area contributed by atoms with Crippen LogP contribution in [0.4, 0.5) is 4.79 Å². The first-order valence-electron chi connectivity index (χ1n) is 10.1. The Balaban J connectivity index is 1.58. The second kappa shape index (κ2) is 7.41. The summed E-state index contributed by atoms with van der Waals surface area (Å²) in [5.41, 5.74) is 2.75. The van der Waals surface area contributed by atoms with Gasteiger partial charge in [0.25, 0.3) is 5.56 Å². The first kappa shape index (κ1) is 18.7. The number of likely N-dealkylation sites (tertiary alicyclic amines) is 1.